The maximum absolute atomic E-state index is 12.1. The summed E-state index contributed by atoms with van der Waals surface area (Å²) in [7, 11) is 0. The van der Waals surface area contributed by atoms with E-state index in [0.717, 1.165) is 30.4 Å². The fourth-order valence-electron chi connectivity index (χ4n) is 4.14. The lowest BCUT2D eigenvalue weighted by Gasteiger charge is -2.38. The maximum Gasteiger partial charge on any atom is 0.379 e. The summed E-state index contributed by atoms with van der Waals surface area (Å²) < 4.78 is 12.5. The van der Waals surface area contributed by atoms with Gasteiger partial charge in [-0.3, -0.25) is 4.89 Å². The Hall–Kier alpha value is -2.21. The van der Waals surface area contributed by atoms with E-state index in [1.54, 1.807) is 0 Å². The summed E-state index contributed by atoms with van der Waals surface area (Å²) in [5.41, 5.74) is 2.66. The minimum Gasteiger partial charge on any atom is -0.490 e. The third kappa shape index (κ3) is 3.06. The molecule has 2 unspecified atom stereocenters. The fraction of sp³-hybridized carbons (Fsp3) is 0.571. The van der Waals surface area contributed by atoms with Crippen LogP contribution in [0.1, 0.15) is 76.2 Å². The van der Waals surface area contributed by atoms with Crippen LogP contribution in [0.2, 0.25) is 0 Å². The van der Waals surface area contributed by atoms with Crippen molar-refractivity contribution in [3.63, 3.8) is 0 Å². The lowest BCUT2D eigenvalue weighted by atomic mass is 9.84. The minimum atomic E-state index is -0.752. The van der Waals surface area contributed by atoms with Crippen molar-refractivity contribution in [1.82, 2.24) is 0 Å². The second-order valence-corrected chi connectivity index (χ2v) is 8.20. The predicted molar refractivity (Wildman–Crippen MR) is 98.7 cm³/mol. The molecule has 0 aromatic heterocycles. The van der Waals surface area contributed by atoms with Gasteiger partial charge in [0, 0.05) is 18.1 Å². The highest BCUT2D eigenvalue weighted by atomic mass is 17.2. The molecule has 3 heterocycles. The van der Waals surface area contributed by atoms with Gasteiger partial charge in [0.1, 0.15) is 17.1 Å². The van der Waals surface area contributed by atoms with E-state index in [-0.39, 0.29) is 11.7 Å². The van der Waals surface area contributed by atoms with E-state index in [0.29, 0.717) is 41.2 Å². The minimum absolute atomic E-state index is 0.122. The van der Waals surface area contributed by atoms with Gasteiger partial charge in [-0.15, -0.1) is 0 Å². The number of hydrogen-bond donors (Lipinski definition) is 1. The van der Waals surface area contributed by atoms with Crippen LogP contribution in [0.4, 0.5) is 0 Å². The van der Waals surface area contributed by atoms with Crippen molar-refractivity contribution >= 4 is 11.5 Å². The number of fused-ring (bicyclic) bond motifs is 6. The average molecular weight is 374 g/mol. The molecule has 0 saturated carbocycles. The molecule has 1 N–H and O–H groups in total. The molecule has 27 heavy (non-hydrogen) atoms. The number of hydrogen-bond acceptors (Lipinski definition) is 6. The number of rotatable bonds is 2. The van der Waals surface area contributed by atoms with Gasteiger partial charge in [-0.1, -0.05) is 13.3 Å². The van der Waals surface area contributed by atoms with Crippen LogP contribution in [0.15, 0.2) is 6.08 Å². The summed E-state index contributed by atoms with van der Waals surface area (Å²) in [6.07, 6.45) is 4.17. The highest BCUT2D eigenvalue weighted by Gasteiger charge is 2.41. The Morgan fingerprint density at radius 3 is 2.74 bits per heavy atom. The molecule has 0 radical (unpaired) electrons. The molecule has 0 aliphatic carbocycles. The SMILES string of the molecule is CCCC1=CC(=O)OOc2c1c1c(c3c2C(O)CC(C)O3)CCC(C)(C)O1. The second-order valence-electron chi connectivity index (χ2n) is 8.20. The Morgan fingerprint density at radius 2 is 2.00 bits per heavy atom. The van der Waals surface area contributed by atoms with Crippen molar-refractivity contribution in [3.8, 4) is 17.2 Å². The van der Waals surface area contributed by atoms with E-state index in [9.17, 15) is 9.90 Å². The predicted octanol–water partition coefficient (Wildman–Crippen LogP) is 4.03. The van der Waals surface area contributed by atoms with Crippen LogP contribution in [0, 0.1) is 0 Å². The summed E-state index contributed by atoms with van der Waals surface area (Å²) >= 11 is 0. The van der Waals surface area contributed by atoms with Crippen molar-refractivity contribution < 1.29 is 29.1 Å². The van der Waals surface area contributed by atoms with Crippen LogP contribution < -0.4 is 14.4 Å². The number of aliphatic hydroxyl groups is 1. The van der Waals surface area contributed by atoms with Gasteiger partial charge in [-0.05, 0) is 45.6 Å². The Balaban J connectivity index is 2.03. The zero-order valence-electron chi connectivity index (χ0n) is 16.3. The summed E-state index contributed by atoms with van der Waals surface area (Å²) in [5.74, 6) is 1.07. The molecule has 6 heteroatoms. The number of ether oxygens (including phenoxy) is 2. The van der Waals surface area contributed by atoms with Gasteiger partial charge >= 0.3 is 5.97 Å². The van der Waals surface area contributed by atoms with Crippen LogP contribution in [0.3, 0.4) is 0 Å². The number of aliphatic hydroxyl groups excluding tert-OH is 1. The molecule has 2 atom stereocenters. The summed E-state index contributed by atoms with van der Waals surface area (Å²) in [6, 6.07) is 0. The third-order valence-corrected chi connectivity index (χ3v) is 5.39. The first-order valence-electron chi connectivity index (χ1n) is 9.66. The lowest BCUT2D eigenvalue weighted by molar-refractivity contribution is -0.207. The molecule has 0 bridgehead atoms. The van der Waals surface area contributed by atoms with Crippen LogP contribution >= 0.6 is 0 Å². The number of carbonyl (C=O) groups is 1. The summed E-state index contributed by atoms with van der Waals surface area (Å²) in [5, 5.41) is 10.8. The Bertz CT molecular complexity index is 823. The molecule has 4 rings (SSSR count). The standard InChI is InChI=1S/C21H26O6/c1-5-6-12-10-15(23)26-27-20-16(12)19-13(7-8-21(3,4)25-19)18-17(20)14(22)9-11(2)24-18/h10-11,14,22H,5-9H2,1-4H3. The molecule has 146 valence electrons. The highest BCUT2D eigenvalue weighted by Crippen LogP contribution is 2.55. The van der Waals surface area contributed by atoms with Gasteiger partial charge in [0.15, 0.2) is 5.75 Å². The largest absolute Gasteiger partial charge is 0.490 e. The molecule has 0 fully saturated rings. The van der Waals surface area contributed by atoms with Gasteiger partial charge in [-0.25, -0.2) is 9.68 Å². The smallest absolute Gasteiger partial charge is 0.379 e. The third-order valence-electron chi connectivity index (χ3n) is 5.39. The quantitative estimate of drug-likeness (QED) is 0.788. The molecule has 3 aliphatic rings. The highest BCUT2D eigenvalue weighted by molar-refractivity contribution is 5.95. The van der Waals surface area contributed by atoms with Crippen LogP contribution in [-0.2, 0) is 16.1 Å². The molecule has 0 saturated heterocycles. The summed E-state index contributed by atoms with van der Waals surface area (Å²) in [6.45, 7) is 8.07. The van der Waals surface area contributed by atoms with Gasteiger partial charge < -0.3 is 14.6 Å². The van der Waals surface area contributed by atoms with Gasteiger partial charge in [-0.2, -0.15) is 0 Å². The molecular formula is C21H26O6. The molecule has 0 spiro atoms. The average Bonchev–Trinajstić information content (AvgIpc) is 2.73. The van der Waals surface area contributed by atoms with Crippen LogP contribution in [-0.4, -0.2) is 22.8 Å². The molecule has 3 aliphatic heterocycles. The van der Waals surface area contributed by atoms with E-state index >= 15 is 0 Å². The zero-order chi connectivity index (χ0) is 19.3. The molecule has 1 aromatic rings. The number of benzene rings is 1. The zero-order valence-corrected chi connectivity index (χ0v) is 16.3. The Kier molecular flexibility index (Phi) is 4.34. The van der Waals surface area contributed by atoms with Crippen molar-refractivity contribution in [3.05, 3.63) is 22.8 Å². The van der Waals surface area contributed by atoms with E-state index in [1.807, 2.05) is 27.7 Å². The maximum atomic E-state index is 12.1. The Morgan fingerprint density at radius 1 is 1.22 bits per heavy atom. The lowest BCUT2D eigenvalue weighted by Crippen LogP contribution is -2.34. The van der Waals surface area contributed by atoms with Crippen LogP contribution in [0.25, 0.3) is 5.57 Å². The van der Waals surface area contributed by atoms with Gasteiger partial charge in [0.2, 0.25) is 0 Å². The molecule has 0 amide bonds. The van der Waals surface area contributed by atoms with E-state index in [4.69, 9.17) is 19.2 Å². The molecule has 1 aromatic carbocycles. The van der Waals surface area contributed by atoms with Crippen molar-refractivity contribution in [1.29, 1.82) is 0 Å². The van der Waals surface area contributed by atoms with E-state index < -0.39 is 12.1 Å². The topological polar surface area (TPSA) is 74.2 Å². The fourth-order valence-corrected chi connectivity index (χ4v) is 4.14. The first-order valence-corrected chi connectivity index (χ1v) is 9.66. The van der Waals surface area contributed by atoms with E-state index in [1.165, 1.54) is 6.08 Å². The molecule has 6 nitrogen and oxygen atoms in total. The second kappa shape index (κ2) is 6.44. The van der Waals surface area contributed by atoms with E-state index in [2.05, 4.69) is 0 Å². The first kappa shape index (κ1) is 18.2. The van der Waals surface area contributed by atoms with Crippen molar-refractivity contribution in [2.45, 2.75) is 77.6 Å². The number of allylic oxidation sites excluding steroid dienone is 1. The Labute approximate surface area is 159 Å². The summed E-state index contributed by atoms with van der Waals surface area (Å²) in [4.78, 5) is 22.5. The normalized spacial score (nSPS) is 25.4. The first-order chi connectivity index (χ1) is 12.8. The monoisotopic (exact) mass is 374 g/mol. The van der Waals surface area contributed by atoms with Crippen molar-refractivity contribution in [2.24, 2.45) is 0 Å². The van der Waals surface area contributed by atoms with Gasteiger partial charge in [0.25, 0.3) is 0 Å². The van der Waals surface area contributed by atoms with Crippen molar-refractivity contribution in [2.75, 3.05) is 0 Å². The van der Waals surface area contributed by atoms with Crippen LogP contribution in [0.5, 0.6) is 17.2 Å². The number of carbonyl (C=O) groups excluding carboxylic acids is 1. The molecular weight excluding hydrogens is 348 g/mol. The van der Waals surface area contributed by atoms with Gasteiger partial charge in [0.05, 0.1) is 23.3 Å².